The molecule has 24 heavy (non-hydrogen) atoms. The van der Waals surface area contributed by atoms with E-state index in [4.69, 9.17) is 9.47 Å². The van der Waals surface area contributed by atoms with Crippen LogP contribution < -0.4 is 9.47 Å². The van der Waals surface area contributed by atoms with Gasteiger partial charge in [0.1, 0.15) is 0 Å². The Morgan fingerprint density at radius 1 is 1.25 bits per heavy atom. The summed E-state index contributed by atoms with van der Waals surface area (Å²) in [6, 6.07) is 13.9. The van der Waals surface area contributed by atoms with E-state index < -0.39 is 0 Å². The summed E-state index contributed by atoms with van der Waals surface area (Å²) < 4.78 is 11.3. The summed E-state index contributed by atoms with van der Waals surface area (Å²) in [6.07, 6.45) is 1.85. The number of ether oxygens (including phenoxy) is 2. The van der Waals surface area contributed by atoms with Crippen molar-refractivity contribution in [1.82, 2.24) is 4.90 Å². The minimum Gasteiger partial charge on any atom is -0.493 e. The van der Waals surface area contributed by atoms with E-state index in [2.05, 4.69) is 12.1 Å². The molecule has 0 unspecified atom stereocenters. The fraction of sp³-hybridized carbons (Fsp3) is 0.350. The van der Waals surface area contributed by atoms with Crippen LogP contribution in [0, 0.1) is 5.92 Å². The highest BCUT2D eigenvalue weighted by Crippen LogP contribution is 2.36. The van der Waals surface area contributed by atoms with E-state index in [1.165, 1.54) is 11.1 Å². The topological polar surface area (TPSA) is 38.8 Å². The highest BCUT2D eigenvalue weighted by atomic mass is 16.5. The number of para-hydroxylation sites is 1. The second kappa shape index (κ2) is 6.95. The highest BCUT2D eigenvalue weighted by molar-refractivity contribution is 5.94. The quantitative estimate of drug-likeness (QED) is 0.866. The van der Waals surface area contributed by atoms with Gasteiger partial charge in [0.2, 0.25) is 0 Å². The maximum absolute atomic E-state index is 12.1. The number of carbonyl (C=O) groups is 1. The van der Waals surface area contributed by atoms with Gasteiger partial charge in [0.15, 0.2) is 11.5 Å². The number of rotatable bonds is 4. The SMILES string of the molecule is COc1cccc2c1OC[C@H](Cc1cccc(C(=O)N(C)C)c1)C2. The van der Waals surface area contributed by atoms with Crippen molar-refractivity contribution in [3.63, 3.8) is 0 Å². The normalized spacial score (nSPS) is 16.0. The summed E-state index contributed by atoms with van der Waals surface area (Å²) in [4.78, 5) is 13.7. The monoisotopic (exact) mass is 325 g/mol. The van der Waals surface area contributed by atoms with E-state index >= 15 is 0 Å². The summed E-state index contributed by atoms with van der Waals surface area (Å²) in [6.45, 7) is 0.666. The summed E-state index contributed by atoms with van der Waals surface area (Å²) >= 11 is 0. The molecule has 0 aliphatic carbocycles. The molecule has 1 aliphatic heterocycles. The Hall–Kier alpha value is -2.49. The van der Waals surface area contributed by atoms with Crippen LogP contribution in [0.1, 0.15) is 21.5 Å². The maximum Gasteiger partial charge on any atom is 0.253 e. The molecule has 3 rings (SSSR count). The second-order valence-electron chi connectivity index (χ2n) is 6.43. The first-order valence-corrected chi connectivity index (χ1v) is 8.17. The molecule has 0 saturated heterocycles. The molecular formula is C20H23NO3. The lowest BCUT2D eigenvalue weighted by Gasteiger charge is -2.26. The number of amides is 1. The van der Waals surface area contributed by atoms with Crippen LogP contribution in [0.25, 0.3) is 0 Å². The Morgan fingerprint density at radius 3 is 2.79 bits per heavy atom. The predicted octanol–water partition coefficient (Wildman–Crippen LogP) is 3.19. The largest absolute Gasteiger partial charge is 0.493 e. The smallest absolute Gasteiger partial charge is 0.253 e. The average Bonchev–Trinajstić information content (AvgIpc) is 2.60. The van der Waals surface area contributed by atoms with Gasteiger partial charge in [0.25, 0.3) is 5.91 Å². The van der Waals surface area contributed by atoms with Crippen LogP contribution >= 0.6 is 0 Å². The molecule has 1 atom stereocenters. The summed E-state index contributed by atoms with van der Waals surface area (Å²) in [7, 11) is 5.21. The first-order chi connectivity index (χ1) is 11.6. The first-order valence-electron chi connectivity index (χ1n) is 8.17. The second-order valence-corrected chi connectivity index (χ2v) is 6.43. The minimum absolute atomic E-state index is 0.0341. The third-order valence-electron chi connectivity index (χ3n) is 4.36. The third kappa shape index (κ3) is 3.37. The Balaban J connectivity index is 1.74. The van der Waals surface area contributed by atoms with E-state index in [0.717, 1.165) is 29.9 Å². The number of hydrogen-bond donors (Lipinski definition) is 0. The molecule has 4 heteroatoms. The molecule has 2 aromatic rings. The van der Waals surface area contributed by atoms with E-state index in [9.17, 15) is 4.79 Å². The first kappa shape index (κ1) is 16.4. The Labute approximate surface area is 143 Å². The Bertz CT molecular complexity index is 739. The molecule has 126 valence electrons. The molecule has 0 N–H and O–H groups in total. The van der Waals surface area contributed by atoms with Gasteiger partial charge in [0, 0.05) is 25.6 Å². The molecule has 0 fully saturated rings. The van der Waals surface area contributed by atoms with Crippen molar-refractivity contribution < 1.29 is 14.3 Å². The molecule has 0 aromatic heterocycles. The van der Waals surface area contributed by atoms with Gasteiger partial charge >= 0.3 is 0 Å². The van der Waals surface area contributed by atoms with Gasteiger partial charge in [0.05, 0.1) is 13.7 Å². The van der Waals surface area contributed by atoms with Crippen molar-refractivity contribution in [2.75, 3.05) is 27.8 Å². The Morgan fingerprint density at radius 2 is 2.04 bits per heavy atom. The van der Waals surface area contributed by atoms with Gasteiger partial charge in [-0.3, -0.25) is 4.79 Å². The molecule has 1 heterocycles. The molecule has 1 amide bonds. The van der Waals surface area contributed by atoms with E-state index in [1.54, 1.807) is 26.1 Å². The minimum atomic E-state index is 0.0341. The number of nitrogens with zero attached hydrogens (tertiary/aromatic N) is 1. The van der Waals surface area contributed by atoms with Crippen molar-refractivity contribution >= 4 is 5.91 Å². The van der Waals surface area contributed by atoms with Gasteiger partial charge in [-0.05, 0) is 42.2 Å². The molecule has 0 saturated carbocycles. The molecule has 0 radical (unpaired) electrons. The predicted molar refractivity (Wildman–Crippen MR) is 93.8 cm³/mol. The van der Waals surface area contributed by atoms with E-state index in [-0.39, 0.29) is 5.91 Å². The lowest BCUT2D eigenvalue weighted by Crippen LogP contribution is -2.24. The fourth-order valence-corrected chi connectivity index (χ4v) is 3.17. The molecular weight excluding hydrogens is 302 g/mol. The van der Waals surface area contributed by atoms with Crippen molar-refractivity contribution in [2.24, 2.45) is 5.92 Å². The van der Waals surface area contributed by atoms with Crippen LogP contribution in [0.15, 0.2) is 42.5 Å². The summed E-state index contributed by atoms with van der Waals surface area (Å²) in [5.74, 6) is 2.10. The Kier molecular flexibility index (Phi) is 4.74. The van der Waals surface area contributed by atoms with Crippen LogP contribution in [0.3, 0.4) is 0 Å². The van der Waals surface area contributed by atoms with Crippen molar-refractivity contribution in [2.45, 2.75) is 12.8 Å². The molecule has 0 bridgehead atoms. The van der Waals surface area contributed by atoms with Crippen molar-refractivity contribution in [1.29, 1.82) is 0 Å². The maximum atomic E-state index is 12.1. The zero-order valence-corrected chi connectivity index (χ0v) is 14.4. The van der Waals surface area contributed by atoms with Crippen LogP contribution in [-0.2, 0) is 12.8 Å². The lowest BCUT2D eigenvalue weighted by atomic mass is 9.90. The summed E-state index contributed by atoms with van der Waals surface area (Å²) in [5.41, 5.74) is 3.09. The van der Waals surface area contributed by atoms with E-state index in [1.807, 2.05) is 30.3 Å². The number of fused-ring (bicyclic) bond motifs is 1. The van der Waals surface area contributed by atoms with Gasteiger partial charge < -0.3 is 14.4 Å². The van der Waals surface area contributed by atoms with Crippen LogP contribution in [0.2, 0.25) is 0 Å². The zero-order valence-electron chi connectivity index (χ0n) is 14.4. The molecule has 1 aliphatic rings. The number of methoxy groups -OCH3 is 1. The molecule has 4 nitrogen and oxygen atoms in total. The fourth-order valence-electron chi connectivity index (χ4n) is 3.17. The van der Waals surface area contributed by atoms with E-state index in [0.29, 0.717) is 12.5 Å². The van der Waals surface area contributed by atoms with Crippen LogP contribution in [0.5, 0.6) is 11.5 Å². The average molecular weight is 325 g/mol. The third-order valence-corrected chi connectivity index (χ3v) is 4.36. The van der Waals surface area contributed by atoms with Crippen LogP contribution in [0.4, 0.5) is 0 Å². The van der Waals surface area contributed by atoms with Gasteiger partial charge in [-0.2, -0.15) is 0 Å². The number of benzene rings is 2. The molecule has 2 aromatic carbocycles. The standard InChI is InChI=1S/C20H23NO3/c1-21(2)20(22)17-8-4-6-14(11-17)10-15-12-16-7-5-9-18(23-3)19(16)24-13-15/h4-9,11,15H,10,12-13H2,1-3H3/t15-/m1/s1. The lowest BCUT2D eigenvalue weighted by molar-refractivity contribution is 0.0827. The molecule has 0 spiro atoms. The van der Waals surface area contributed by atoms with Crippen LogP contribution in [-0.4, -0.2) is 38.6 Å². The van der Waals surface area contributed by atoms with Gasteiger partial charge in [-0.15, -0.1) is 0 Å². The van der Waals surface area contributed by atoms with Gasteiger partial charge in [-0.25, -0.2) is 0 Å². The zero-order chi connectivity index (χ0) is 17.1. The number of carbonyl (C=O) groups excluding carboxylic acids is 1. The summed E-state index contributed by atoms with van der Waals surface area (Å²) in [5, 5.41) is 0. The van der Waals surface area contributed by atoms with Crippen molar-refractivity contribution in [3.05, 3.63) is 59.2 Å². The number of hydrogen-bond acceptors (Lipinski definition) is 3. The van der Waals surface area contributed by atoms with Gasteiger partial charge in [-0.1, -0.05) is 24.3 Å². The van der Waals surface area contributed by atoms with Crippen molar-refractivity contribution in [3.8, 4) is 11.5 Å². The highest BCUT2D eigenvalue weighted by Gasteiger charge is 2.23.